The van der Waals surface area contributed by atoms with Crippen LogP contribution in [-0.4, -0.2) is 42.7 Å². The van der Waals surface area contributed by atoms with Crippen LogP contribution >= 0.6 is 0 Å². The number of rotatable bonds is 3. The summed E-state index contributed by atoms with van der Waals surface area (Å²) in [5, 5.41) is 9.85. The maximum absolute atomic E-state index is 12.0. The molecule has 0 radical (unpaired) electrons. The number of carbonyl (C=O) groups excluding carboxylic acids is 1. The van der Waals surface area contributed by atoms with Gasteiger partial charge in [-0.2, -0.15) is 0 Å². The summed E-state index contributed by atoms with van der Waals surface area (Å²) in [4.78, 5) is 13.7. The predicted molar refractivity (Wildman–Crippen MR) is 63.1 cm³/mol. The van der Waals surface area contributed by atoms with Gasteiger partial charge in [-0.05, 0) is 18.7 Å². The van der Waals surface area contributed by atoms with Crippen LogP contribution in [0.4, 0.5) is 0 Å². The molecule has 92 valence electrons. The number of nitrogens with zero attached hydrogens (tertiary/aromatic N) is 1. The zero-order valence-electron chi connectivity index (χ0n) is 9.72. The Morgan fingerprint density at radius 1 is 1.59 bits per heavy atom. The average molecular weight is 236 g/mol. The van der Waals surface area contributed by atoms with E-state index in [-0.39, 0.29) is 17.2 Å². The Hall–Kier alpha value is -1.75. The number of carbonyl (C=O) groups is 1. The van der Waals surface area contributed by atoms with E-state index in [9.17, 15) is 9.90 Å². The van der Waals surface area contributed by atoms with Crippen molar-refractivity contribution in [3.05, 3.63) is 23.8 Å². The van der Waals surface area contributed by atoms with E-state index in [1.807, 2.05) is 0 Å². The molecular formula is C12H16N2O3. The van der Waals surface area contributed by atoms with E-state index in [1.54, 1.807) is 23.1 Å². The molecule has 1 heterocycles. The number of methoxy groups -OCH3 is 1. The third-order valence-corrected chi connectivity index (χ3v) is 3.03. The van der Waals surface area contributed by atoms with E-state index in [4.69, 9.17) is 10.5 Å². The highest BCUT2D eigenvalue weighted by atomic mass is 16.5. The Morgan fingerprint density at radius 2 is 2.29 bits per heavy atom. The van der Waals surface area contributed by atoms with Crippen molar-refractivity contribution in [1.29, 1.82) is 0 Å². The van der Waals surface area contributed by atoms with Gasteiger partial charge in [0.25, 0.3) is 5.91 Å². The van der Waals surface area contributed by atoms with Gasteiger partial charge in [0.05, 0.1) is 12.7 Å². The number of hydrogen-bond donors (Lipinski definition) is 2. The quantitative estimate of drug-likeness (QED) is 0.798. The summed E-state index contributed by atoms with van der Waals surface area (Å²) in [6, 6.07) is 4.90. The van der Waals surface area contributed by atoms with Crippen molar-refractivity contribution in [2.45, 2.75) is 0 Å². The Balaban J connectivity index is 2.15. The normalized spacial score (nSPS) is 15.5. The van der Waals surface area contributed by atoms with Crippen LogP contribution in [0.3, 0.4) is 0 Å². The second-order valence-electron chi connectivity index (χ2n) is 4.17. The second-order valence-corrected chi connectivity index (χ2v) is 4.17. The Labute approximate surface area is 99.8 Å². The van der Waals surface area contributed by atoms with E-state index in [0.717, 1.165) is 0 Å². The van der Waals surface area contributed by atoms with Crippen molar-refractivity contribution in [2.75, 3.05) is 26.7 Å². The standard InChI is InChI=1S/C12H16N2O3/c1-17-10-4-2-3-9(11(10)15)12(16)14-6-8(5-13)7-14/h2-4,8,15H,5-7,13H2,1H3. The molecule has 1 aromatic carbocycles. The highest BCUT2D eigenvalue weighted by Gasteiger charge is 2.31. The van der Waals surface area contributed by atoms with Gasteiger partial charge in [0.1, 0.15) is 0 Å². The van der Waals surface area contributed by atoms with E-state index in [2.05, 4.69) is 0 Å². The molecule has 1 aliphatic heterocycles. The molecule has 1 fully saturated rings. The van der Waals surface area contributed by atoms with Crippen LogP contribution in [0, 0.1) is 5.92 Å². The number of hydrogen-bond acceptors (Lipinski definition) is 4. The molecule has 1 saturated heterocycles. The molecule has 0 atom stereocenters. The first-order chi connectivity index (χ1) is 8.17. The molecule has 0 aromatic heterocycles. The molecule has 0 spiro atoms. The molecule has 1 aliphatic rings. The number of aromatic hydroxyl groups is 1. The maximum Gasteiger partial charge on any atom is 0.257 e. The third-order valence-electron chi connectivity index (χ3n) is 3.03. The Morgan fingerprint density at radius 3 is 2.88 bits per heavy atom. The second kappa shape index (κ2) is 4.63. The lowest BCUT2D eigenvalue weighted by Gasteiger charge is -2.38. The van der Waals surface area contributed by atoms with Crippen LogP contribution < -0.4 is 10.5 Å². The van der Waals surface area contributed by atoms with Crippen LogP contribution in [0.5, 0.6) is 11.5 Å². The third kappa shape index (κ3) is 2.06. The van der Waals surface area contributed by atoms with E-state index in [0.29, 0.717) is 31.3 Å². The molecule has 0 unspecified atom stereocenters. The lowest BCUT2D eigenvalue weighted by atomic mass is 9.99. The molecule has 3 N–H and O–H groups in total. The number of ether oxygens (including phenoxy) is 1. The lowest BCUT2D eigenvalue weighted by Crippen LogP contribution is -2.52. The molecule has 5 heteroatoms. The molecule has 0 aliphatic carbocycles. The number of benzene rings is 1. The molecule has 1 amide bonds. The number of amides is 1. The Bertz CT molecular complexity index is 428. The van der Waals surface area contributed by atoms with Crippen molar-refractivity contribution >= 4 is 5.91 Å². The minimum absolute atomic E-state index is 0.101. The van der Waals surface area contributed by atoms with Gasteiger partial charge in [0.2, 0.25) is 0 Å². The number of phenolic OH excluding ortho intramolecular Hbond substituents is 1. The fraction of sp³-hybridized carbons (Fsp3) is 0.417. The molecule has 0 bridgehead atoms. The van der Waals surface area contributed by atoms with E-state index >= 15 is 0 Å². The van der Waals surface area contributed by atoms with Gasteiger partial charge in [-0.3, -0.25) is 4.79 Å². The predicted octanol–water partition coefficient (Wildman–Crippen LogP) is 0.432. The van der Waals surface area contributed by atoms with Gasteiger partial charge >= 0.3 is 0 Å². The van der Waals surface area contributed by atoms with E-state index in [1.165, 1.54) is 7.11 Å². The molecular weight excluding hydrogens is 220 g/mol. The molecule has 17 heavy (non-hydrogen) atoms. The van der Waals surface area contributed by atoms with Crippen LogP contribution in [0.15, 0.2) is 18.2 Å². The van der Waals surface area contributed by atoms with Gasteiger partial charge in [0.15, 0.2) is 11.5 Å². The monoisotopic (exact) mass is 236 g/mol. The van der Waals surface area contributed by atoms with Gasteiger partial charge in [-0.1, -0.05) is 6.07 Å². The Kier molecular flexibility index (Phi) is 3.19. The van der Waals surface area contributed by atoms with Crippen LogP contribution in [0.2, 0.25) is 0 Å². The van der Waals surface area contributed by atoms with Crippen molar-refractivity contribution < 1.29 is 14.6 Å². The minimum Gasteiger partial charge on any atom is -0.504 e. The molecule has 1 aromatic rings. The van der Waals surface area contributed by atoms with Crippen molar-refractivity contribution in [2.24, 2.45) is 11.7 Å². The molecule has 5 nitrogen and oxygen atoms in total. The van der Waals surface area contributed by atoms with Crippen molar-refractivity contribution in [3.8, 4) is 11.5 Å². The highest BCUT2D eigenvalue weighted by molar-refractivity contribution is 5.98. The highest BCUT2D eigenvalue weighted by Crippen LogP contribution is 2.31. The lowest BCUT2D eigenvalue weighted by molar-refractivity contribution is 0.0512. The van der Waals surface area contributed by atoms with Gasteiger partial charge in [0, 0.05) is 19.0 Å². The summed E-state index contributed by atoms with van der Waals surface area (Å²) in [7, 11) is 1.46. The number of nitrogens with two attached hydrogens (primary N) is 1. The van der Waals surface area contributed by atoms with Gasteiger partial charge in [-0.15, -0.1) is 0 Å². The zero-order valence-corrected chi connectivity index (χ0v) is 9.72. The summed E-state index contributed by atoms with van der Waals surface area (Å²) in [5.74, 6) is 0.417. The summed E-state index contributed by atoms with van der Waals surface area (Å²) in [6.07, 6.45) is 0. The first kappa shape index (κ1) is 11.7. The van der Waals surface area contributed by atoms with Crippen LogP contribution in [0.1, 0.15) is 10.4 Å². The number of phenols is 1. The summed E-state index contributed by atoms with van der Waals surface area (Å²) in [5.41, 5.74) is 5.78. The largest absolute Gasteiger partial charge is 0.504 e. The topological polar surface area (TPSA) is 75.8 Å². The zero-order chi connectivity index (χ0) is 12.4. The number of para-hydroxylation sites is 1. The van der Waals surface area contributed by atoms with Gasteiger partial charge in [-0.25, -0.2) is 0 Å². The minimum atomic E-state index is -0.175. The summed E-state index contributed by atoms with van der Waals surface area (Å²) < 4.78 is 4.97. The first-order valence-electron chi connectivity index (χ1n) is 5.52. The van der Waals surface area contributed by atoms with Crippen molar-refractivity contribution in [1.82, 2.24) is 4.90 Å². The smallest absolute Gasteiger partial charge is 0.257 e. The summed E-state index contributed by atoms with van der Waals surface area (Å²) >= 11 is 0. The summed E-state index contributed by atoms with van der Waals surface area (Å²) in [6.45, 7) is 1.91. The van der Waals surface area contributed by atoms with Crippen molar-refractivity contribution in [3.63, 3.8) is 0 Å². The molecule has 2 rings (SSSR count). The number of likely N-dealkylation sites (tertiary alicyclic amines) is 1. The maximum atomic E-state index is 12.0. The van der Waals surface area contributed by atoms with Gasteiger partial charge < -0.3 is 20.5 Å². The SMILES string of the molecule is COc1cccc(C(=O)N2CC(CN)C2)c1O. The fourth-order valence-corrected chi connectivity index (χ4v) is 1.91. The molecule has 0 saturated carbocycles. The van der Waals surface area contributed by atoms with Crippen LogP contribution in [0.25, 0.3) is 0 Å². The van der Waals surface area contributed by atoms with Crippen LogP contribution in [-0.2, 0) is 0 Å². The average Bonchev–Trinajstić information content (AvgIpc) is 2.27. The fourth-order valence-electron chi connectivity index (χ4n) is 1.91. The first-order valence-corrected chi connectivity index (χ1v) is 5.52. The van der Waals surface area contributed by atoms with E-state index < -0.39 is 0 Å².